The molecule has 0 radical (unpaired) electrons. The molecule has 2 amide bonds. The zero-order chi connectivity index (χ0) is 23.4. The van der Waals surface area contributed by atoms with Crippen LogP contribution in [0.3, 0.4) is 0 Å². The fourth-order valence-corrected chi connectivity index (χ4v) is 4.16. The maximum absolute atomic E-state index is 13.9. The van der Waals surface area contributed by atoms with Crippen molar-refractivity contribution in [3.05, 3.63) is 100 Å². The molecule has 0 fully saturated rings. The zero-order valence-corrected chi connectivity index (χ0v) is 18.6. The van der Waals surface area contributed by atoms with Crippen molar-refractivity contribution in [3.63, 3.8) is 0 Å². The minimum absolute atomic E-state index is 0.314. The molecular weight excluding hydrogens is 439 g/mol. The molecule has 166 valence electrons. The van der Waals surface area contributed by atoms with Gasteiger partial charge in [0.25, 0.3) is 5.91 Å². The Morgan fingerprint density at radius 1 is 1.03 bits per heavy atom. The van der Waals surface area contributed by atoms with Crippen molar-refractivity contribution < 1.29 is 14.0 Å². The van der Waals surface area contributed by atoms with Gasteiger partial charge in [0.05, 0.1) is 5.69 Å². The summed E-state index contributed by atoms with van der Waals surface area (Å²) in [4.78, 5) is 29.5. The second kappa shape index (κ2) is 9.62. The molecule has 4 aromatic rings. The summed E-state index contributed by atoms with van der Waals surface area (Å²) in [5, 5.41) is 6.50. The molecule has 0 saturated carbocycles. The standard InChI is InChI=1S/C25H21FN4O2S/c1-15-10-11-18(23(27)31)13-20(15)29-25-30-21(17-8-5-9-19(26)12-17)22(33-25)24(32)28-14-16-6-3-2-4-7-16/h2-13H,14H2,1H3,(H2,27,31)(H,28,32)(H,29,30). The van der Waals surface area contributed by atoms with Crippen LogP contribution in [0.2, 0.25) is 0 Å². The van der Waals surface area contributed by atoms with Gasteiger partial charge in [0.1, 0.15) is 10.7 Å². The number of nitrogens with two attached hydrogens (primary N) is 1. The number of carbonyl (C=O) groups is 2. The molecule has 4 N–H and O–H groups in total. The van der Waals surface area contributed by atoms with Crippen LogP contribution >= 0.6 is 11.3 Å². The van der Waals surface area contributed by atoms with E-state index in [1.54, 1.807) is 30.3 Å². The number of hydrogen-bond acceptors (Lipinski definition) is 5. The van der Waals surface area contributed by atoms with E-state index in [2.05, 4.69) is 15.6 Å². The summed E-state index contributed by atoms with van der Waals surface area (Å²) in [6.45, 7) is 2.23. The molecule has 0 spiro atoms. The molecule has 0 aliphatic heterocycles. The smallest absolute Gasteiger partial charge is 0.264 e. The molecule has 3 aromatic carbocycles. The highest BCUT2D eigenvalue weighted by atomic mass is 32.1. The van der Waals surface area contributed by atoms with Gasteiger partial charge < -0.3 is 16.4 Å². The molecule has 0 bridgehead atoms. The van der Waals surface area contributed by atoms with Gasteiger partial charge in [-0.2, -0.15) is 0 Å². The minimum atomic E-state index is -0.543. The largest absolute Gasteiger partial charge is 0.366 e. The van der Waals surface area contributed by atoms with Gasteiger partial charge in [-0.15, -0.1) is 0 Å². The molecule has 0 atom stereocenters. The number of nitrogens with one attached hydrogen (secondary N) is 2. The van der Waals surface area contributed by atoms with Crippen molar-refractivity contribution in [2.75, 3.05) is 5.32 Å². The topological polar surface area (TPSA) is 97.1 Å². The molecule has 0 saturated heterocycles. The van der Waals surface area contributed by atoms with Crippen molar-refractivity contribution in [2.45, 2.75) is 13.5 Å². The van der Waals surface area contributed by atoms with Crippen molar-refractivity contribution in [1.82, 2.24) is 10.3 Å². The second-order valence-corrected chi connectivity index (χ2v) is 8.39. The van der Waals surface area contributed by atoms with E-state index in [9.17, 15) is 14.0 Å². The summed E-state index contributed by atoms with van der Waals surface area (Å²) >= 11 is 1.15. The predicted octanol–water partition coefficient (Wildman–Crippen LogP) is 5.03. The normalized spacial score (nSPS) is 10.6. The Balaban J connectivity index is 1.67. The summed E-state index contributed by atoms with van der Waals surface area (Å²) < 4.78 is 13.9. The van der Waals surface area contributed by atoms with Crippen molar-refractivity contribution in [1.29, 1.82) is 0 Å². The lowest BCUT2D eigenvalue weighted by Gasteiger charge is -2.08. The minimum Gasteiger partial charge on any atom is -0.366 e. The SMILES string of the molecule is Cc1ccc(C(N)=O)cc1Nc1nc(-c2cccc(F)c2)c(C(=O)NCc2ccccc2)s1. The monoisotopic (exact) mass is 460 g/mol. The molecule has 0 unspecified atom stereocenters. The van der Waals surface area contributed by atoms with Crippen LogP contribution in [0.5, 0.6) is 0 Å². The van der Waals surface area contributed by atoms with Gasteiger partial charge in [0.15, 0.2) is 5.13 Å². The first-order valence-electron chi connectivity index (χ1n) is 10.2. The maximum Gasteiger partial charge on any atom is 0.264 e. The highest BCUT2D eigenvalue weighted by Gasteiger charge is 2.20. The number of anilines is 2. The van der Waals surface area contributed by atoms with Crippen LogP contribution in [-0.4, -0.2) is 16.8 Å². The van der Waals surface area contributed by atoms with Crippen molar-refractivity contribution in [3.8, 4) is 11.3 Å². The summed E-state index contributed by atoms with van der Waals surface area (Å²) in [7, 11) is 0. The van der Waals surface area contributed by atoms with Crippen LogP contribution in [0.4, 0.5) is 15.2 Å². The molecule has 6 nitrogen and oxygen atoms in total. The van der Waals surface area contributed by atoms with Crippen LogP contribution in [0, 0.1) is 12.7 Å². The van der Waals surface area contributed by atoms with Gasteiger partial charge in [-0.05, 0) is 42.3 Å². The van der Waals surface area contributed by atoms with Crippen molar-refractivity contribution >= 4 is 34.0 Å². The molecule has 8 heteroatoms. The number of nitrogens with zero attached hydrogens (tertiary/aromatic N) is 1. The Kier molecular flexibility index (Phi) is 6.46. The van der Waals surface area contributed by atoms with Gasteiger partial charge in [-0.3, -0.25) is 9.59 Å². The highest BCUT2D eigenvalue weighted by molar-refractivity contribution is 7.18. The second-order valence-electron chi connectivity index (χ2n) is 7.39. The lowest BCUT2D eigenvalue weighted by atomic mass is 10.1. The van der Waals surface area contributed by atoms with Gasteiger partial charge in [0.2, 0.25) is 5.91 Å². The van der Waals surface area contributed by atoms with Gasteiger partial charge >= 0.3 is 0 Å². The first-order valence-corrected chi connectivity index (χ1v) is 11.0. The number of hydrogen-bond donors (Lipinski definition) is 3. The van der Waals surface area contributed by atoms with Crippen LogP contribution in [0.1, 0.15) is 31.2 Å². The fourth-order valence-electron chi connectivity index (χ4n) is 3.24. The molecule has 4 rings (SSSR count). The number of aryl methyl sites for hydroxylation is 1. The molecule has 1 heterocycles. The maximum atomic E-state index is 13.9. The Morgan fingerprint density at radius 2 is 1.82 bits per heavy atom. The van der Waals surface area contributed by atoms with Crippen LogP contribution < -0.4 is 16.4 Å². The number of halogens is 1. The van der Waals surface area contributed by atoms with E-state index in [0.29, 0.717) is 39.1 Å². The summed E-state index contributed by atoms with van der Waals surface area (Å²) in [5.41, 5.74) is 9.09. The van der Waals surface area contributed by atoms with E-state index in [1.807, 2.05) is 37.3 Å². The molecule has 33 heavy (non-hydrogen) atoms. The lowest BCUT2D eigenvalue weighted by Crippen LogP contribution is -2.22. The Bertz CT molecular complexity index is 1320. The fraction of sp³-hybridized carbons (Fsp3) is 0.0800. The average Bonchev–Trinajstić information content (AvgIpc) is 3.23. The number of benzene rings is 3. The number of aromatic nitrogens is 1. The van der Waals surface area contributed by atoms with Gasteiger partial charge in [-0.25, -0.2) is 9.37 Å². The number of carbonyl (C=O) groups excluding carboxylic acids is 2. The van der Waals surface area contributed by atoms with E-state index in [4.69, 9.17) is 5.73 Å². The third-order valence-corrected chi connectivity index (χ3v) is 5.96. The molecular formula is C25H21FN4O2S. The molecule has 1 aromatic heterocycles. The third-order valence-electron chi connectivity index (χ3n) is 4.99. The Morgan fingerprint density at radius 3 is 2.55 bits per heavy atom. The molecule has 0 aliphatic carbocycles. The van der Waals surface area contributed by atoms with Gasteiger partial charge in [-0.1, -0.05) is 59.9 Å². The Hall–Kier alpha value is -4.04. The predicted molar refractivity (Wildman–Crippen MR) is 128 cm³/mol. The number of primary amides is 1. The van der Waals surface area contributed by atoms with Crippen LogP contribution in [0.25, 0.3) is 11.3 Å². The molecule has 0 aliphatic rings. The number of amides is 2. The number of rotatable bonds is 7. The first kappa shape index (κ1) is 22.2. The lowest BCUT2D eigenvalue weighted by molar-refractivity contribution is 0.0954. The van der Waals surface area contributed by atoms with Crippen molar-refractivity contribution in [2.24, 2.45) is 5.73 Å². The van der Waals surface area contributed by atoms with Gasteiger partial charge in [0, 0.05) is 23.4 Å². The third kappa shape index (κ3) is 5.24. The zero-order valence-electron chi connectivity index (χ0n) is 17.8. The average molecular weight is 461 g/mol. The van der Waals surface area contributed by atoms with E-state index < -0.39 is 11.7 Å². The highest BCUT2D eigenvalue weighted by Crippen LogP contribution is 2.34. The Labute approximate surface area is 194 Å². The van der Waals surface area contributed by atoms with E-state index >= 15 is 0 Å². The quantitative estimate of drug-likeness (QED) is 0.360. The summed E-state index contributed by atoms with van der Waals surface area (Å²) in [6, 6.07) is 20.5. The summed E-state index contributed by atoms with van der Waals surface area (Å²) in [5.74, 6) is -1.28. The van der Waals surface area contributed by atoms with E-state index in [-0.39, 0.29) is 5.91 Å². The van der Waals surface area contributed by atoms with Crippen LogP contribution in [0.15, 0.2) is 72.8 Å². The van der Waals surface area contributed by atoms with E-state index in [1.165, 1.54) is 12.1 Å². The first-order chi connectivity index (χ1) is 15.9. The number of thiazole rings is 1. The summed E-state index contributed by atoms with van der Waals surface area (Å²) in [6.07, 6.45) is 0. The van der Waals surface area contributed by atoms with Crippen LogP contribution in [-0.2, 0) is 6.54 Å². The van der Waals surface area contributed by atoms with E-state index in [0.717, 1.165) is 22.5 Å².